The van der Waals surface area contributed by atoms with E-state index in [9.17, 15) is 19.5 Å². The molecule has 0 spiro atoms. The van der Waals surface area contributed by atoms with Crippen molar-refractivity contribution in [2.24, 2.45) is 0 Å². The lowest BCUT2D eigenvalue weighted by Crippen LogP contribution is -2.41. The van der Waals surface area contributed by atoms with Crippen molar-refractivity contribution in [1.82, 2.24) is 0 Å². The molecule has 41 heavy (non-hydrogen) atoms. The maximum Gasteiger partial charge on any atom is 0.508 e. The largest absolute Gasteiger partial charge is 0.508 e. The van der Waals surface area contributed by atoms with Gasteiger partial charge in [0.25, 0.3) is 0 Å². The second kappa shape index (κ2) is 15.8. The van der Waals surface area contributed by atoms with Gasteiger partial charge in [0, 0.05) is 12.8 Å². The van der Waals surface area contributed by atoms with E-state index in [0.29, 0.717) is 25.7 Å². The molecule has 0 aromatic heterocycles. The van der Waals surface area contributed by atoms with Gasteiger partial charge in [-0.05, 0) is 26.7 Å². The summed E-state index contributed by atoms with van der Waals surface area (Å²) in [5.74, 6) is -0.455. The summed E-state index contributed by atoms with van der Waals surface area (Å²) in [4.78, 5) is 34.0. The van der Waals surface area contributed by atoms with Gasteiger partial charge in [-0.3, -0.25) is 0 Å². The average molecular weight is 593 g/mol. The van der Waals surface area contributed by atoms with E-state index in [1.807, 2.05) is 27.7 Å². The molecule has 0 amide bonds. The van der Waals surface area contributed by atoms with E-state index in [0.717, 1.165) is 0 Å². The highest BCUT2D eigenvalue weighted by atomic mass is 16.8. The lowest BCUT2D eigenvalue weighted by molar-refractivity contribution is -0.182. The van der Waals surface area contributed by atoms with Crippen LogP contribution < -0.4 is 0 Å². The topological polar surface area (TPSA) is 164 Å². The molecular weight excluding hydrogens is 548 g/mol. The maximum atomic E-state index is 11.6. The van der Waals surface area contributed by atoms with Gasteiger partial charge in [0.1, 0.15) is 38.1 Å². The smallest absolute Gasteiger partial charge is 0.456 e. The summed E-state index contributed by atoms with van der Waals surface area (Å²) >= 11 is 0. The number of rotatable bonds is 19. The molecule has 7 unspecified atom stereocenters. The summed E-state index contributed by atoms with van der Waals surface area (Å²) in [6.07, 6.45) is -2.23. The van der Waals surface area contributed by atoms with Crippen LogP contribution in [-0.4, -0.2) is 125 Å². The molecule has 3 heterocycles. The van der Waals surface area contributed by atoms with E-state index in [-0.39, 0.29) is 59.5 Å². The molecule has 14 nitrogen and oxygen atoms in total. The first kappa shape index (κ1) is 33.3. The van der Waals surface area contributed by atoms with Gasteiger partial charge in [-0.15, -0.1) is 0 Å². The minimum absolute atomic E-state index is 0.0161. The van der Waals surface area contributed by atoms with Crippen molar-refractivity contribution in [2.45, 2.75) is 95.1 Å². The van der Waals surface area contributed by atoms with E-state index in [2.05, 4.69) is 0 Å². The minimum atomic E-state index is -0.838. The third-order valence-corrected chi connectivity index (χ3v) is 7.31. The second-order valence-electron chi connectivity index (χ2n) is 11.0. The Morgan fingerprint density at radius 3 is 2.10 bits per heavy atom. The number of aliphatic hydroxyl groups is 1. The Morgan fingerprint density at radius 2 is 1.49 bits per heavy atom. The molecule has 3 saturated heterocycles. The molecule has 3 aliphatic rings. The summed E-state index contributed by atoms with van der Waals surface area (Å²) in [5.41, 5.74) is -1.29. The number of hydrogen-bond acceptors (Lipinski definition) is 14. The van der Waals surface area contributed by atoms with Gasteiger partial charge in [-0.2, -0.15) is 0 Å². The van der Waals surface area contributed by atoms with Gasteiger partial charge in [-0.1, -0.05) is 13.8 Å². The summed E-state index contributed by atoms with van der Waals surface area (Å²) < 4.78 is 54.3. The quantitative estimate of drug-likeness (QED) is 0.171. The van der Waals surface area contributed by atoms with Crippen molar-refractivity contribution in [3.05, 3.63) is 0 Å². The van der Waals surface area contributed by atoms with Crippen LogP contribution >= 0.6 is 0 Å². The molecule has 14 heteroatoms. The van der Waals surface area contributed by atoms with Gasteiger partial charge < -0.3 is 52.5 Å². The van der Waals surface area contributed by atoms with E-state index in [1.54, 1.807) is 0 Å². The van der Waals surface area contributed by atoms with Gasteiger partial charge in [0.05, 0.1) is 56.9 Å². The third kappa shape index (κ3) is 11.5. The Labute approximate surface area is 240 Å². The minimum Gasteiger partial charge on any atom is -0.456 e. The van der Waals surface area contributed by atoms with Crippen LogP contribution in [0.15, 0.2) is 0 Å². The fourth-order valence-corrected chi connectivity index (χ4v) is 4.48. The van der Waals surface area contributed by atoms with Gasteiger partial charge in [-0.25, -0.2) is 14.4 Å². The Kier molecular flexibility index (Phi) is 12.9. The highest BCUT2D eigenvalue weighted by molar-refractivity contribution is 5.71. The van der Waals surface area contributed by atoms with E-state index in [1.165, 1.54) is 0 Å². The molecule has 7 atom stereocenters. The second-order valence-corrected chi connectivity index (χ2v) is 11.0. The molecule has 3 aliphatic heterocycles. The van der Waals surface area contributed by atoms with Gasteiger partial charge in [0.2, 0.25) is 0 Å². The van der Waals surface area contributed by atoms with Crippen LogP contribution in [0.3, 0.4) is 0 Å². The molecule has 0 aliphatic carbocycles. The van der Waals surface area contributed by atoms with Crippen molar-refractivity contribution in [2.75, 3.05) is 59.5 Å². The normalized spacial score (nSPS) is 27.0. The van der Waals surface area contributed by atoms with Crippen molar-refractivity contribution in [1.29, 1.82) is 0 Å². The van der Waals surface area contributed by atoms with E-state index >= 15 is 0 Å². The number of hydrogen-bond donors (Lipinski definition) is 1. The highest BCUT2D eigenvalue weighted by Crippen LogP contribution is 2.27. The predicted octanol–water partition coefficient (Wildman–Crippen LogP) is 1.91. The molecule has 0 bridgehead atoms. The third-order valence-electron chi connectivity index (χ3n) is 7.31. The number of aliphatic hydroxyl groups excluding tert-OH is 1. The fourth-order valence-electron chi connectivity index (χ4n) is 4.48. The van der Waals surface area contributed by atoms with Gasteiger partial charge in [0.15, 0.2) is 6.10 Å². The molecular formula is C27H44O14. The zero-order chi connectivity index (χ0) is 29.9. The number of esters is 1. The molecule has 1 N–H and O–H groups in total. The number of cyclic esters (lactones) is 5. The molecule has 236 valence electrons. The number of ether oxygens (including phenoxy) is 10. The van der Waals surface area contributed by atoms with Crippen molar-refractivity contribution >= 4 is 18.3 Å². The van der Waals surface area contributed by atoms with E-state index < -0.39 is 60.0 Å². The van der Waals surface area contributed by atoms with E-state index in [4.69, 9.17) is 47.4 Å². The first-order chi connectivity index (χ1) is 19.5. The molecule has 3 rings (SSSR count). The summed E-state index contributed by atoms with van der Waals surface area (Å²) in [7, 11) is 0. The lowest BCUT2D eigenvalue weighted by atomic mass is 9.95. The molecule has 3 fully saturated rings. The highest BCUT2D eigenvalue weighted by Gasteiger charge is 2.35. The molecule has 0 aromatic carbocycles. The Morgan fingerprint density at radius 1 is 0.829 bits per heavy atom. The standard InChI is InChI=1S/C27H44O14/c1-5-26(3,38-16-22-14-36-25(31)41-22)7-18(28)9-32-10-20(34-13-21-11-33-17-23(29)39-21)15-37-27(4,6-2)8-19-12-35-24(30)40-19/h18-22,28H,5-17H2,1-4H3. The Hall–Kier alpha value is -2.23. The number of carbonyl (C=O) groups excluding carboxylic acids is 3. The summed E-state index contributed by atoms with van der Waals surface area (Å²) in [6.45, 7) is 8.64. The van der Waals surface area contributed by atoms with Crippen LogP contribution in [-0.2, 0) is 52.2 Å². The number of carbonyl (C=O) groups is 3. The summed E-state index contributed by atoms with van der Waals surface area (Å²) in [5, 5.41) is 10.7. The van der Waals surface area contributed by atoms with Crippen LogP contribution in [0.5, 0.6) is 0 Å². The zero-order valence-electron chi connectivity index (χ0n) is 24.3. The van der Waals surface area contributed by atoms with Crippen molar-refractivity contribution in [3.63, 3.8) is 0 Å². The van der Waals surface area contributed by atoms with Crippen molar-refractivity contribution in [3.8, 4) is 0 Å². The van der Waals surface area contributed by atoms with Crippen LogP contribution in [0, 0.1) is 0 Å². The van der Waals surface area contributed by atoms with Crippen LogP contribution in [0.2, 0.25) is 0 Å². The summed E-state index contributed by atoms with van der Waals surface area (Å²) in [6, 6.07) is 0. The monoisotopic (exact) mass is 592 g/mol. The first-order valence-corrected chi connectivity index (χ1v) is 14.1. The van der Waals surface area contributed by atoms with Crippen molar-refractivity contribution < 1.29 is 66.9 Å². The molecule has 0 radical (unpaired) electrons. The SMILES string of the molecule is CCC(C)(CC(O)COCC(COC(C)(CC)CC1COC(=O)O1)OCC1COCC(=O)O1)OCC1COC(=O)O1. The lowest BCUT2D eigenvalue weighted by Gasteiger charge is -2.33. The average Bonchev–Trinajstić information content (AvgIpc) is 3.55. The molecule has 0 aromatic rings. The van der Waals surface area contributed by atoms with Crippen LogP contribution in [0.4, 0.5) is 9.59 Å². The van der Waals surface area contributed by atoms with Crippen LogP contribution in [0.1, 0.15) is 53.4 Å². The maximum absolute atomic E-state index is 11.6. The first-order valence-electron chi connectivity index (χ1n) is 14.1. The Balaban J connectivity index is 1.48. The molecule has 0 saturated carbocycles. The van der Waals surface area contributed by atoms with Crippen LogP contribution in [0.25, 0.3) is 0 Å². The predicted molar refractivity (Wildman–Crippen MR) is 138 cm³/mol. The fraction of sp³-hybridized carbons (Fsp3) is 0.889. The van der Waals surface area contributed by atoms with Gasteiger partial charge >= 0.3 is 18.3 Å². The zero-order valence-corrected chi connectivity index (χ0v) is 24.3. The Bertz CT molecular complexity index is 854.